The Morgan fingerprint density at radius 2 is 2.10 bits per heavy atom. The lowest BCUT2D eigenvalue weighted by molar-refractivity contribution is 0.302. The minimum atomic E-state index is 0.439. The van der Waals surface area contributed by atoms with E-state index in [1.54, 1.807) is 6.20 Å². The van der Waals surface area contributed by atoms with Crippen LogP contribution in [0, 0.1) is 0 Å². The van der Waals surface area contributed by atoms with Crippen LogP contribution in [-0.4, -0.2) is 21.4 Å². The summed E-state index contributed by atoms with van der Waals surface area (Å²) in [5, 5.41) is 3.12. The van der Waals surface area contributed by atoms with Crippen molar-refractivity contribution in [3.05, 3.63) is 60.2 Å². The molecule has 102 valence electrons. The summed E-state index contributed by atoms with van der Waals surface area (Å²) < 4.78 is 7.61. The highest BCUT2D eigenvalue weighted by atomic mass is 16.5. The monoisotopic (exact) mass is 268 g/mol. The highest BCUT2D eigenvalue weighted by Crippen LogP contribution is 2.14. The van der Waals surface area contributed by atoms with Crippen LogP contribution in [0.3, 0.4) is 0 Å². The molecule has 0 radical (unpaired) electrons. The number of ether oxygens (including phenoxy) is 1. The SMILES string of the molecule is CNCc1ccc(OCc2cn3cccnc3n2)cc1. The third-order valence-electron chi connectivity index (χ3n) is 2.98. The Bertz CT molecular complexity index is 657. The number of nitrogens with one attached hydrogen (secondary N) is 1. The van der Waals surface area contributed by atoms with Crippen molar-refractivity contribution in [2.75, 3.05) is 7.05 Å². The van der Waals surface area contributed by atoms with Crippen LogP contribution >= 0.6 is 0 Å². The Labute approximate surface area is 117 Å². The standard InChI is InChI=1S/C15H16N4O/c1-16-9-12-3-5-14(6-4-12)20-11-13-10-19-8-2-7-17-15(19)18-13/h2-8,10,16H,9,11H2,1H3. The molecule has 3 rings (SSSR count). The van der Waals surface area contributed by atoms with E-state index in [-0.39, 0.29) is 0 Å². The quantitative estimate of drug-likeness (QED) is 0.769. The van der Waals surface area contributed by atoms with Gasteiger partial charge >= 0.3 is 0 Å². The molecule has 20 heavy (non-hydrogen) atoms. The molecular formula is C15H16N4O. The van der Waals surface area contributed by atoms with Crippen LogP contribution < -0.4 is 10.1 Å². The van der Waals surface area contributed by atoms with Gasteiger partial charge in [-0.25, -0.2) is 9.97 Å². The fourth-order valence-corrected chi connectivity index (χ4v) is 2.01. The van der Waals surface area contributed by atoms with Gasteiger partial charge in [-0.3, -0.25) is 4.40 Å². The van der Waals surface area contributed by atoms with E-state index in [2.05, 4.69) is 27.4 Å². The molecule has 0 atom stereocenters. The van der Waals surface area contributed by atoms with Gasteiger partial charge in [0.25, 0.3) is 0 Å². The molecule has 1 N–H and O–H groups in total. The molecule has 0 saturated carbocycles. The number of nitrogens with zero attached hydrogens (tertiary/aromatic N) is 3. The Morgan fingerprint density at radius 3 is 2.85 bits per heavy atom. The summed E-state index contributed by atoms with van der Waals surface area (Å²) in [7, 11) is 1.93. The second-order valence-corrected chi connectivity index (χ2v) is 4.52. The van der Waals surface area contributed by atoms with E-state index < -0.39 is 0 Å². The molecule has 2 aromatic heterocycles. The second-order valence-electron chi connectivity index (χ2n) is 4.52. The van der Waals surface area contributed by atoms with E-state index in [0.717, 1.165) is 18.0 Å². The highest BCUT2D eigenvalue weighted by molar-refractivity contribution is 5.30. The van der Waals surface area contributed by atoms with Crippen LogP contribution in [0.4, 0.5) is 0 Å². The van der Waals surface area contributed by atoms with E-state index in [4.69, 9.17) is 4.74 Å². The second kappa shape index (κ2) is 5.71. The summed E-state index contributed by atoms with van der Waals surface area (Å²) in [6, 6.07) is 9.93. The van der Waals surface area contributed by atoms with Crippen LogP contribution in [0.25, 0.3) is 5.78 Å². The maximum atomic E-state index is 5.73. The molecule has 2 heterocycles. The molecule has 0 aliphatic rings. The molecule has 5 nitrogen and oxygen atoms in total. The zero-order chi connectivity index (χ0) is 13.8. The van der Waals surface area contributed by atoms with Crippen molar-refractivity contribution in [3.8, 4) is 5.75 Å². The number of imidazole rings is 1. The molecule has 0 aliphatic heterocycles. The predicted octanol–water partition coefficient (Wildman–Crippen LogP) is 2.03. The van der Waals surface area contributed by atoms with Gasteiger partial charge in [0.05, 0.1) is 5.69 Å². The molecule has 1 aromatic carbocycles. The Kier molecular flexibility index (Phi) is 3.60. The van der Waals surface area contributed by atoms with Gasteiger partial charge in [-0.05, 0) is 30.8 Å². The largest absolute Gasteiger partial charge is 0.487 e. The maximum Gasteiger partial charge on any atom is 0.234 e. The number of aromatic nitrogens is 3. The lowest BCUT2D eigenvalue weighted by atomic mass is 10.2. The van der Waals surface area contributed by atoms with Gasteiger partial charge < -0.3 is 10.1 Å². The number of benzene rings is 1. The normalized spacial score (nSPS) is 10.8. The summed E-state index contributed by atoms with van der Waals surface area (Å²) in [4.78, 5) is 8.57. The van der Waals surface area contributed by atoms with Crippen molar-refractivity contribution in [2.45, 2.75) is 13.2 Å². The molecule has 5 heteroatoms. The van der Waals surface area contributed by atoms with Crippen molar-refractivity contribution >= 4 is 5.78 Å². The Hall–Kier alpha value is -2.40. The molecule has 0 fully saturated rings. The molecule has 3 aromatic rings. The first-order chi connectivity index (χ1) is 9.85. The van der Waals surface area contributed by atoms with Crippen LogP contribution in [0.1, 0.15) is 11.3 Å². The fourth-order valence-electron chi connectivity index (χ4n) is 2.01. The summed E-state index contributed by atoms with van der Waals surface area (Å²) in [6.45, 7) is 1.30. The third kappa shape index (κ3) is 2.78. The number of hydrogen-bond acceptors (Lipinski definition) is 4. The first-order valence-corrected chi connectivity index (χ1v) is 6.50. The van der Waals surface area contributed by atoms with Gasteiger partial charge in [-0.1, -0.05) is 12.1 Å². The minimum Gasteiger partial charge on any atom is -0.487 e. The Balaban J connectivity index is 1.66. The first-order valence-electron chi connectivity index (χ1n) is 6.50. The molecular weight excluding hydrogens is 252 g/mol. The average Bonchev–Trinajstić information content (AvgIpc) is 2.90. The maximum absolute atomic E-state index is 5.73. The highest BCUT2D eigenvalue weighted by Gasteiger charge is 2.03. The Morgan fingerprint density at radius 1 is 1.25 bits per heavy atom. The minimum absolute atomic E-state index is 0.439. The summed E-state index contributed by atoms with van der Waals surface area (Å²) in [5.41, 5.74) is 2.10. The van der Waals surface area contributed by atoms with Crippen LogP contribution in [-0.2, 0) is 13.2 Å². The van der Waals surface area contributed by atoms with Gasteiger partial charge in [0.2, 0.25) is 5.78 Å². The van der Waals surface area contributed by atoms with Gasteiger partial charge in [0.1, 0.15) is 12.4 Å². The van der Waals surface area contributed by atoms with Crippen molar-refractivity contribution in [1.29, 1.82) is 0 Å². The first kappa shape index (κ1) is 12.6. The molecule has 0 bridgehead atoms. The average molecular weight is 268 g/mol. The van der Waals surface area contributed by atoms with E-state index in [1.807, 2.05) is 42.0 Å². The van der Waals surface area contributed by atoms with Crippen molar-refractivity contribution < 1.29 is 4.74 Å². The fraction of sp³-hybridized carbons (Fsp3) is 0.200. The smallest absolute Gasteiger partial charge is 0.234 e. The predicted molar refractivity (Wildman–Crippen MR) is 76.5 cm³/mol. The molecule has 0 aliphatic carbocycles. The van der Waals surface area contributed by atoms with Gasteiger partial charge in [0, 0.05) is 25.1 Å². The van der Waals surface area contributed by atoms with Gasteiger partial charge in [-0.2, -0.15) is 0 Å². The lowest BCUT2D eigenvalue weighted by Gasteiger charge is -2.05. The summed E-state index contributed by atoms with van der Waals surface area (Å²) >= 11 is 0. The van der Waals surface area contributed by atoms with Crippen molar-refractivity contribution in [1.82, 2.24) is 19.7 Å². The third-order valence-corrected chi connectivity index (χ3v) is 2.98. The molecule has 0 spiro atoms. The van der Waals surface area contributed by atoms with Gasteiger partial charge in [-0.15, -0.1) is 0 Å². The van der Waals surface area contributed by atoms with E-state index in [0.29, 0.717) is 12.4 Å². The molecule has 0 unspecified atom stereocenters. The van der Waals surface area contributed by atoms with Crippen LogP contribution in [0.5, 0.6) is 5.75 Å². The van der Waals surface area contributed by atoms with Crippen molar-refractivity contribution in [2.24, 2.45) is 0 Å². The molecule has 0 saturated heterocycles. The van der Waals surface area contributed by atoms with Crippen LogP contribution in [0.2, 0.25) is 0 Å². The number of hydrogen-bond donors (Lipinski definition) is 1. The zero-order valence-electron chi connectivity index (χ0n) is 11.3. The van der Waals surface area contributed by atoms with E-state index in [1.165, 1.54) is 5.56 Å². The van der Waals surface area contributed by atoms with Crippen LogP contribution in [0.15, 0.2) is 48.9 Å². The van der Waals surface area contributed by atoms with Gasteiger partial charge in [0.15, 0.2) is 0 Å². The van der Waals surface area contributed by atoms with E-state index >= 15 is 0 Å². The zero-order valence-corrected chi connectivity index (χ0v) is 11.3. The van der Waals surface area contributed by atoms with Crippen molar-refractivity contribution in [3.63, 3.8) is 0 Å². The number of rotatable bonds is 5. The molecule has 0 amide bonds. The van der Waals surface area contributed by atoms with E-state index in [9.17, 15) is 0 Å². The summed E-state index contributed by atoms with van der Waals surface area (Å²) in [5.74, 6) is 1.53. The lowest BCUT2D eigenvalue weighted by Crippen LogP contribution is -2.04. The number of fused-ring (bicyclic) bond motifs is 1. The summed E-state index contributed by atoms with van der Waals surface area (Å²) in [6.07, 6.45) is 5.58. The topological polar surface area (TPSA) is 51.5 Å².